The lowest BCUT2D eigenvalue weighted by Gasteiger charge is -2.30. The summed E-state index contributed by atoms with van der Waals surface area (Å²) in [6.45, 7) is 4.57. The summed E-state index contributed by atoms with van der Waals surface area (Å²) < 4.78 is 5.96. The Morgan fingerprint density at radius 2 is 1.86 bits per heavy atom. The zero-order chi connectivity index (χ0) is 19.8. The van der Waals surface area contributed by atoms with Crippen LogP contribution in [0.1, 0.15) is 23.1 Å². The molecule has 0 radical (unpaired) electrons. The fourth-order valence-electron chi connectivity index (χ4n) is 3.73. The van der Waals surface area contributed by atoms with Gasteiger partial charge in [0.25, 0.3) is 0 Å². The van der Waals surface area contributed by atoms with Crippen LogP contribution in [-0.4, -0.2) is 66.0 Å². The summed E-state index contributed by atoms with van der Waals surface area (Å²) in [5.74, 6) is 0.821. The van der Waals surface area contributed by atoms with Gasteiger partial charge in [-0.3, -0.25) is 4.90 Å². The van der Waals surface area contributed by atoms with Crippen molar-refractivity contribution in [3.8, 4) is 5.75 Å². The third-order valence-corrected chi connectivity index (χ3v) is 5.22. The number of ether oxygens (including phenoxy) is 1. The summed E-state index contributed by atoms with van der Waals surface area (Å²) in [5, 5.41) is 19.5. The molecule has 3 rings (SSSR count). The van der Waals surface area contributed by atoms with Crippen LogP contribution in [-0.2, 0) is 19.5 Å². The molecular weight excluding hydrogens is 352 g/mol. The third kappa shape index (κ3) is 6.04. The van der Waals surface area contributed by atoms with Crippen LogP contribution in [0.4, 0.5) is 0 Å². The van der Waals surface area contributed by atoms with Crippen molar-refractivity contribution in [2.75, 3.05) is 39.9 Å². The van der Waals surface area contributed by atoms with Crippen molar-refractivity contribution in [1.29, 1.82) is 0 Å². The fourth-order valence-corrected chi connectivity index (χ4v) is 3.73. The fraction of sp³-hybridized carbons (Fsp3) is 0.478. The first kappa shape index (κ1) is 20.8. The molecule has 0 saturated carbocycles. The average molecular weight is 385 g/mol. The van der Waals surface area contributed by atoms with Crippen LogP contribution < -0.4 is 4.74 Å². The van der Waals surface area contributed by atoms with E-state index in [1.165, 1.54) is 11.1 Å². The molecule has 1 aliphatic heterocycles. The molecule has 5 nitrogen and oxygen atoms in total. The van der Waals surface area contributed by atoms with Crippen LogP contribution in [0.5, 0.6) is 5.75 Å². The number of hydrogen-bond acceptors (Lipinski definition) is 5. The molecule has 2 aromatic carbocycles. The Hall–Kier alpha value is -1.92. The van der Waals surface area contributed by atoms with Crippen molar-refractivity contribution in [3.05, 3.63) is 65.2 Å². The lowest BCUT2D eigenvalue weighted by Crippen LogP contribution is -2.38. The molecule has 0 fully saturated rings. The molecule has 1 atom stereocenters. The second-order valence-electron chi connectivity index (χ2n) is 7.64. The van der Waals surface area contributed by atoms with E-state index >= 15 is 0 Å². The maximum absolute atomic E-state index is 10.5. The van der Waals surface area contributed by atoms with Crippen molar-refractivity contribution in [2.24, 2.45) is 0 Å². The van der Waals surface area contributed by atoms with Gasteiger partial charge in [-0.25, -0.2) is 0 Å². The number of nitrogens with zero attached hydrogens (tertiary/aromatic N) is 2. The van der Waals surface area contributed by atoms with Crippen LogP contribution in [0, 0.1) is 0 Å². The van der Waals surface area contributed by atoms with E-state index in [9.17, 15) is 5.11 Å². The molecule has 0 amide bonds. The first-order valence-electron chi connectivity index (χ1n) is 10.1. The number of fused-ring (bicyclic) bond motifs is 1. The van der Waals surface area contributed by atoms with Gasteiger partial charge in [0.05, 0.1) is 0 Å². The molecule has 0 saturated heterocycles. The Morgan fingerprint density at radius 3 is 2.68 bits per heavy atom. The van der Waals surface area contributed by atoms with Gasteiger partial charge in [-0.15, -0.1) is 0 Å². The second-order valence-corrected chi connectivity index (χ2v) is 7.64. The number of aliphatic hydroxyl groups is 2. The topological polar surface area (TPSA) is 56.2 Å². The molecule has 0 spiro atoms. The minimum atomic E-state index is -0.523. The Morgan fingerprint density at radius 1 is 1.11 bits per heavy atom. The monoisotopic (exact) mass is 384 g/mol. The predicted octanol–water partition coefficient (Wildman–Crippen LogP) is 2.30. The normalized spacial score (nSPS) is 15.4. The number of rotatable bonds is 10. The minimum Gasteiger partial charge on any atom is -0.491 e. The van der Waals surface area contributed by atoms with Gasteiger partial charge >= 0.3 is 0 Å². The average Bonchev–Trinajstić information content (AvgIpc) is 2.71. The van der Waals surface area contributed by atoms with Gasteiger partial charge in [0, 0.05) is 44.9 Å². The second kappa shape index (κ2) is 10.6. The largest absolute Gasteiger partial charge is 0.491 e. The van der Waals surface area contributed by atoms with Crippen molar-refractivity contribution >= 4 is 0 Å². The highest BCUT2D eigenvalue weighted by molar-refractivity contribution is 5.33. The van der Waals surface area contributed by atoms with E-state index in [2.05, 4.69) is 40.1 Å². The van der Waals surface area contributed by atoms with Gasteiger partial charge < -0.3 is 19.8 Å². The molecule has 0 unspecified atom stereocenters. The van der Waals surface area contributed by atoms with Gasteiger partial charge in [-0.2, -0.15) is 0 Å². The van der Waals surface area contributed by atoms with Gasteiger partial charge in [-0.1, -0.05) is 42.5 Å². The molecule has 1 aliphatic rings. The van der Waals surface area contributed by atoms with Crippen molar-refractivity contribution in [1.82, 2.24) is 9.80 Å². The zero-order valence-corrected chi connectivity index (χ0v) is 16.8. The zero-order valence-electron chi connectivity index (χ0n) is 16.8. The summed E-state index contributed by atoms with van der Waals surface area (Å²) in [7, 11) is 2.04. The SMILES string of the molecule is CN(CCCO)Cc1ccccc1OC[C@H](O)CN1CCc2ccccc2C1. The first-order valence-corrected chi connectivity index (χ1v) is 10.1. The Balaban J connectivity index is 1.49. The van der Waals surface area contributed by atoms with Crippen LogP contribution in [0.2, 0.25) is 0 Å². The summed E-state index contributed by atoms with van der Waals surface area (Å²) in [6, 6.07) is 16.5. The van der Waals surface area contributed by atoms with Gasteiger partial charge in [0.2, 0.25) is 0 Å². The van der Waals surface area contributed by atoms with E-state index in [0.717, 1.165) is 50.3 Å². The summed E-state index contributed by atoms with van der Waals surface area (Å²) in [4.78, 5) is 4.46. The number of para-hydroxylation sites is 1. The molecule has 28 heavy (non-hydrogen) atoms. The molecule has 0 aliphatic carbocycles. The maximum Gasteiger partial charge on any atom is 0.123 e. The Bertz CT molecular complexity index is 737. The van der Waals surface area contributed by atoms with Gasteiger partial charge in [0.1, 0.15) is 18.5 Å². The van der Waals surface area contributed by atoms with E-state index in [-0.39, 0.29) is 13.2 Å². The van der Waals surface area contributed by atoms with Crippen LogP contribution in [0.25, 0.3) is 0 Å². The van der Waals surface area contributed by atoms with Crippen molar-refractivity contribution < 1.29 is 14.9 Å². The highest BCUT2D eigenvalue weighted by Gasteiger charge is 2.19. The highest BCUT2D eigenvalue weighted by atomic mass is 16.5. The van der Waals surface area contributed by atoms with E-state index < -0.39 is 6.10 Å². The Kier molecular flexibility index (Phi) is 7.86. The molecule has 2 N–H and O–H groups in total. The lowest BCUT2D eigenvalue weighted by molar-refractivity contribution is 0.0632. The van der Waals surface area contributed by atoms with Crippen molar-refractivity contribution in [3.63, 3.8) is 0 Å². The molecule has 1 heterocycles. The van der Waals surface area contributed by atoms with Gasteiger partial charge in [-0.05, 0) is 37.1 Å². The van der Waals surface area contributed by atoms with Crippen LogP contribution >= 0.6 is 0 Å². The summed E-state index contributed by atoms with van der Waals surface area (Å²) >= 11 is 0. The van der Waals surface area contributed by atoms with Crippen LogP contribution in [0.3, 0.4) is 0 Å². The molecule has 2 aromatic rings. The number of benzene rings is 2. The molecule has 0 bridgehead atoms. The predicted molar refractivity (Wildman–Crippen MR) is 111 cm³/mol. The number of aliphatic hydroxyl groups excluding tert-OH is 2. The lowest BCUT2D eigenvalue weighted by atomic mass is 10.00. The van der Waals surface area contributed by atoms with E-state index in [0.29, 0.717) is 6.54 Å². The highest BCUT2D eigenvalue weighted by Crippen LogP contribution is 2.21. The van der Waals surface area contributed by atoms with Crippen LogP contribution in [0.15, 0.2) is 48.5 Å². The molecule has 0 aromatic heterocycles. The molecule has 152 valence electrons. The van der Waals surface area contributed by atoms with E-state index in [1.54, 1.807) is 0 Å². The summed E-state index contributed by atoms with van der Waals surface area (Å²) in [6.07, 6.45) is 1.27. The number of hydrogen-bond donors (Lipinski definition) is 2. The van der Waals surface area contributed by atoms with Crippen molar-refractivity contribution in [2.45, 2.75) is 32.0 Å². The Labute approximate surface area is 168 Å². The molecular formula is C23H32N2O3. The quantitative estimate of drug-likeness (QED) is 0.658. The summed E-state index contributed by atoms with van der Waals surface area (Å²) in [5.41, 5.74) is 3.88. The molecule has 5 heteroatoms. The minimum absolute atomic E-state index is 0.204. The third-order valence-electron chi connectivity index (χ3n) is 5.22. The van der Waals surface area contributed by atoms with Gasteiger partial charge in [0.15, 0.2) is 0 Å². The standard InChI is InChI=1S/C23H32N2O3/c1-24(12-6-14-26)15-21-9-4-5-10-23(21)28-18-22(27)17-25-13-11-19-7-2-3-8-20(19)16-25/h2-5,7-10,22,26-27H,6,11-18H2,1H3/t22-/m1/s1. The smallest absolute Gasteiger partial charge is 0.123 e. The first-order chi connectivity index (χ1) is 13.7. The maximum atomic E-state index is 10.5. The van der Waals surface area contributed by atoms with E-state index in [4.69, 9.17) is 9.84 Å². The number of β-amino-alcohol motifs (C(OH)–C–C–N with tert-alkyl or cyclic N) is 1. The van der Waals surface area contributed by atoms with E-state index in [1.807, 2.05) is 25.2 Å².